The second-order valence-corrected chi connectivity index (χ2v) is 10.5. The van der Waals surface area contributed by atoms with E-state index in [1.54, 1.807) is 12.1 Å². The van der Waals surface area contributed by atoms with Crippen LogP contribution in [0.25, 0.3) is 11.1 Å². The van der Waals surface area contributed by atoms with Crippen molar-refractivity contribution in [2.75, 3.05) is 19.6 Å². The molecule has 162 valence electrons. The van der Waals surface area contributed by atoms with Crippen LogP contribution in [0.4, 0.5) is 0 Å². The highest BCUT2D eigenvalue weighted by Gasteiger charge is 2.32. The number of hydrogen-bond acceptors (Lipinski definition) is 4. The Bertz CT molecular complexity index is 941. The average Bonchev–Trinajstić information content (AvgIpc) is 3.17. The summed E-state index contributed by atoms with van der Waals surface area (Å²) in [5.41, 5.74) is 3.40. The van der Waals surface area contributed by atoms with Crippen molar-refractivity contribution >= 4 is 10.0 Å². The van der Waals surface area contributed by atoms with Gasteiger partial charge in [-0.2, -0.15) is 4.31 Å². The molecule has 2 heterocycles. The standard InChI is InChI=1S/C24H32N2O3S/c1-19-5-4-16-25(19)18-15-20-7-9-21(10-8-20)22-11-13-23(14-12-22)30(28,29)26-17-3-2-6-24(26)27/h7-14,19,24,27H,2-6,15-18H2,1H3/t19-,24+/m1/s1. The largest absolute Gasteiger partial charge is 0.377 e. The first-order valence-corrected chi connectivity index (χ1v) is 12.5. The van der Waals surface area contributed by atoms with Gasteiger partial charge < -0.3 is 10.0 Å². The molecule has 4 rings (SSSR count). The Morgan fingerprint density at radius 1 is 0.900 bits per heavy atom. The summed E-state index contributed by atoms with van der Waals surface area (Å²) < 4.78 is 26.9. The van der Waals surface area contributed by atoms with Gasteiger partial charge in [0.15, 0.2) is 0 Å². The molecule has 0 radical (unpaired) electrons. The van der Waals surface area contributed by atoms with E-state index in [0.717, 1.165) is 36.9 Å². The van der Waals surface area contributed by atoms with Gasteiger partial charge in [-0.25, -0.2) is 8.42 Å². The maximum Gasteiger partial charge on any atom is 0.245 e. The van der Waals surface area contributed by atoms with Crippen LogP contribution in [0.1, 0.15) is 44.6 Å². The lowest BCUT2D eigenvalue weighted by Gasteiger charge is -2.31. The van der Waals surface area contributed by atoms with Crippen molar-refractivity contribution in [3.05, 3.63) is 54.1 Å². The Morgan fingerprint density at radius 2 is 1.57 bits per heavy atom. The van der Waals surface area contributed by atoms with Crippen molar-refractivity contribution in [3.8, 4) is 11.1 Å². The number of nitrogens with zero attached hydrogens (tertiary/aromatic N) is 2. The number of sulfonamides is 1. The minimum Gasteiger partial charge on any atom is -0.377 e. The number of rotatable bonds is 6. The van der Waals surface area contributed by atoms with Crippen LogP contribution in [-0.2, 0) is 16.4 Å². The van der Waals surface area contributed by atoms with Gasteiger partial charge in [0.25, 0.3) is 0 Å². The van der Waals surface area contributed by atoms with Crippen LogP contribution in [0.2, 0.25) is 0 Å². The van der Waals surface area contributed by atoms with Crippen LogP contribution in [0.3, 0.4) is 0 Å². The molecule has 2 aliphatic heterocycles. The molecule has 5 nitrogen and oxygen atoms in total. The third-order valence-electron chi connectivity index (χ3n) is 6.55. The molecule has 2 atom stereocenters. The highest BCUT2D eigenvalue weighted by molar-refractivity contribution is 7.89. The third kappa shape index (κ3) is 4.62. The first kappa shape index (κ1) is 21.5. The minimum absolute atomic E-state index is 0.239. The van der Waals surface area contributed by atoms with Crippen molar-refractivity contribution in [2.45, 2.75) is 62.6 Å². The number of piperidine rings is 1. The van der Waals surface area contributed by atoms with E-state index >= 15 is 0 Å². The first-order chi connectivity index (χ1) is 14.4. The normalized spacial score (nSPS) is 23.7. The SMILES string of the molecule is C[C@@H]1CCCN1CCc1ccc(-c2ccc(S(=O)(=O)N3CCCC[C@@H]3O)cc2)cc1. The van der Waals surface area contributed by atoms with Crippen molar-refractivity contribution in [1.82, 2.24) is 9.21 Å². The summed E-state index contributed by atoms with van der Waals surface area (Å²) in [4.78, 5) is 2.80. The van der Waals surface area contributed by atoms with Gasteiger partial charge in [-0.1, -0.05) is 36.4 Å². The van der Waals surface area contributed by atoms with Gasteiger partial charge in [0.1, 0.15) is 6.23 Å². The molecule has 0 spiro atoms. The monoisotopic (exact) mass is 428 g/mol. The van der Waals surface area contributed by atoms with Crippen LogP contribution >= 0.6 is 0 Å². The van der Waals surface area contributed by atoms with E-state index in [1.165, 1.54) is 29.3 Å². The zero-order valence-corrected chi connectivity index (χ0v) is 18.5. The molecule has 2 saturated heterocycles. The Morgan fingerprint density at radius 3 is 2.17 bits per heavy atom. The fourth-order valence-electron chi connectivity index (χ4n) is 4.58. The molecule has 0 unspecified atom stereocenters. The van der Waals surface area contributed by atoms with E-state index in [-0.39, 0.29) is 4.90 Å². The number of likely N-dealkylation sites (tertiary alicyclic amines) is 1. The van der Waals surface area contributed by atoms with Crippen molar-refractivity contribution in [1.29, 1.82) is 0 Å². The zero-order valence-electron chi connectivity index (χ0n) is 17.7. The predicted octanol–water partition coefficient (Wildman–Crippen LogP) is 3.87. The Labute approximate surface area is 180 Å². The number of aliphatic hydroxyl groups excluding tert-OH is 1. The molecule has 2 aliphatic rings. The number of benzene rings is 2. The van der Waals surface area contributed by atoms with Crippen molar-refractivity contribution in [2.24, 2.45) is 0 Å². The maximum absolute atomic E-state index is 12.9. The molecule has 6 heteroatoms. The van der Waals surface area contributed by atoms with Crippen LogP contribution in [0.15, 0.2) is 53.4 Å². The summed E-state index contributed by atoms with van der Waals surface area (Å²) in [6.07, 6.45) is 4.90. The topological polar surface area (TPSA) is 60.9 Å². The van der Waals surface area contributed by atoms with Crippen LogP contribution in [0.5, 0.6) is 0 Å². The molecule has 0 saturated carbocycles. The molecule has 0 aliphatic carbocycles. The van der Waals surface area contributed by atoms with E-state index in [1.807, 2.05) is 12.1 Å². The molecule has 2 fully saturated rings. The first-order valence-electron chi connectivity index (χ1n) is 11.1. The average molecular weight is 429 g/mol. The van der Waals surface area contributed by atoms with Crippen LogP contribution in [0, 0.1) is 0 Å². The van der Waals surface area contributed by atoms with Gasteiger partial charge in [0, 0.05) is 19.1 Å². The van der Waals surface area contributed by atoms with Gasteiger partial charge in [0.05, 0.1) is 4.90 Å². The summed E-state index contributed by atoms with van der Waals surface area (Å²) in [6, 6.07) is 16.3. The Hall–Kier alpha value is -1.73. The molecule has 2 aromatic carbocycles. The molecule has 0 amide bonds. The van der Waals surface area contributed by atoms with E-state index in [2.05, 4.69) is 36.1 Å². The predicted molar refractivity (Wildman–Crippen MR) is 120 cm³/mol. The zero-order chi connectivity index (χ0) is 21.1. The summed E-state index contributed by atoms with van der Waals surface area (Å²) in [7, 11) is -3.66. The number of hydrogen-bond donors (Lipinski definition) is 1. The second kappa shape index (κ2) is 9.18. The Balaban J connectivity index is 1.42. The summed E-state index contributed by atoms with van der Waals surface area (Å²) in [6.45, 7) is 5.01. The number of aliphatic hydroxyl groups is 1. The highest BCUT2D eigenvalue weighted by Crippen LogP contribution is 2.27. The van der Waals surface area contributed by atoms with Crippen LogP contribution < -0.4 is 0 Å². The molecule has 2 aromatic rings. The van der Waals surface area contributed by atoms with Gasteiger partial charge in [-0.15, -0.1) is 0 Å². The fraction of sp³-hybridized carbons (Fsp3) is 0.500. The lowest BCUT2D eigenvalue weighted by atomic mass is 10.0. The van der Waals surface area contributed by atoms with Gasteiger partial charge in [-0.3, -0.25) is 0 Å². The molecule has 1 N–H and O–H groups in total. The lowest BCUT2D eigenvalue weighted by molar-refractivity contribution is 0.0334. The third-order valence-corrected chi connectivity index (χ3v) is 8.46. The van der Waals surface area contributed by atoms with E-state index in [9.17, 15) is 13.5 Å². The summed E-state index contributed by atoms with van der Waals surface area (Å²) in [5, 5.41) is 10.1. The molecule has 0 aromatic heterocycles. The van der Waals surface area contributed by atoms with E-state index in [0.29, 0.717) is 19.0 Å². The maximum atomic E-state index is 12.9. The minimum atomic E-state index is -3.66. The highest BCUT2D eigenvalue weighted by atomic mass is 32.2. The van der Waals surface area contributed by atoms with Gasteiger partial charge >= 0.3 is 0 Å². The van der Waals surface area contributed by atoms with E-state index < -0.39 is 16.3 Å². The molecule has 0 bridgehead atoms. The summed E-state index contributed by atoms with van der Waals surface area (Å²) in [5.74, 6) is 0. The quantitative estimate of drug-likeness (QED) is 0.759. The van der Waals surface area contributed by atoms with E-state index in [4.69, 9.17) is 0 Å². The second-order valence-electron chi connectivity index (χ2n) is 8.59. The van der Waals surface area contributed by atoms with Gasteiger partial charge in [-0.05, 0) is 80.8 Å². The molecule has 30 heavy (non-hydrogen) atoms. The van der Waals surface area contributed by atoms with Crippen molar-refractivity contribution in [3.63, 3.8) is 0 Å². The van der Waals surface area contributed by atoms with Crippen molar-refractivity contribution < 1.29 is 13.5 Å². The molecular weight excluding hydrogens is 396 g/mol. The van der Waals surface area contributed by atoms with Crippen LogP contribution in [-0.4, -0.2) is 54.6 Å². The summed E-state index contributed by atoms with van der Waals surface area (Å²) >= 11 is 0. The lowest BCUT2D eigenvalue weighted by Crippen LogP contribution is -2.43. The smallest absolute Gasteiger partial charge is 0.245 e. The molecular formula is C24H32N2O3S. The Kier molecular flexibility index (Phi) is 6.58. The van der Waals surface area contributed by atoms with Gasteiger partial charge in [0.2, 0.25) is 10.0 Å². The fourth-order valence-corrected chi connectivity index (χ4v) is 6.13.